The van der Waals surface area contributed by atoms with Gasteiger partial charge < -0.3 is 14.4 Å². The molecule has 0 spiro atoms. The topological polar surface area (TPSA) is 11.4 Å². The van der Waals surface area contributed by atoms with Gasteiger partial charge in [0.05, 0.1) is 22.4 Å². The van der Waals surface area contributed by atoms with Crippen molar-refractivity contribution in [1.29, 1.82) is 0 Å². The Morgan fingerprint density at radius 2 is 0.647 bits per heavy atom. The second kappa shape index (κ2) is 27.8. The first-order valence-electron chi connectivity index (χ1n) is 43.4. The third-order valence-electron chi connectivity index (χ3n) is 26.4. The number of hydrogen-bond donors (Lipinski definition) is 0. The fourth-order valence-electron chi connectivity index (χ4n) is 19.3. The molecule has 594 valence electrons. The highest BCUT2D eigenvalue weighted by molar-refractivity contribution is 7.00. The van der Waals surface area contributed by atoms with Gasteiger partial charge in [-0.3, -0.25) is 0 Å². The molecule has 0 N–H and O–H groups in total. The molecule has 0 atom stereocenters. The lowest BCUT2D eigenvalue weighted by Crippen LogP contribution is -2.61. The minimum atomic E-state index is -0.313. The van der Waals surface area contributed by atoms with Gasteiger partial charge in [-0.2, -0.15) is 0 Å². The monoisotopic (exact) mass is 1550 g/mol. The van der Waals surface area contributed by atoms with Gasteiger partial charge in [0.15, 0.2) is 0 Å². The Kier molecular flexibility index (Phi) is 18.4. The molecule has 0 saturated carbocycles. The minimum Gasteiger partial charge on any atom is -0.310 e. The van der Waals surface area contributed by atoms with Crippen molar-refractivity contribution < 1.29 is 0 Å². The minimum absolute atomic E-state index is 0.0789. The number of nitrogens with zero attached hydrogens (tertiary/aromatic N) is 3. The summed E-state index contributed by atoms with van der Waals surface area (Å²) in [5.74, 6) is 0. The fraction of sp³-hybridized carbons (Fsp3) is 0.270. The van der Waals surface area contributed by atoms with E-state index in [1.165, 1.54) is 133 Å². The van der Waals surface area contributed by atoms with Crippen LogP contribution in [0.15, 0.2) is 285 Å². The van der Waals surface area contributed by atoms with Crippen molar-refractivity contribution >= 4 is 79.0 Å². The molecule has 0 fully saturated rings. The molecule has 0 bridgehead atoms. The quantitative estimate of drug-likeness (QED) is 0.133. The van der Waals surface area contributed by atoms with Gasteiger partial charge in [0.2, 0.25) is 0 Å². The molecule has 1 aliphatic carbocycles. The largest absolute Gasteiger partial charge is 0.310 e. The summed E-state index contributed by atoms with van der Waals surface area (Å²) in [4.78, 5) is 5.58. The maximum atomic E-state index is 2.79. The molecule has 3 heterocycles. The van der Waals surface area contributed by atoms with Crippen LogP contribution in [0, 0.1) is 0 Å². The molecule has 18 rings (SSSR count). The molecule has 2 aliphatic heterocycles. The molecule has 4 heteroatoms. The van der Waals surface area contributed by atoms with Crippen LogP contribution in [0.25, 0.3) is 105 Å². The van der Waals surface area contributed by atoms with Gasteiger partial charge in [0.1, 0.15) is 0 Å². The van der Waals surface area contributed by atoms with E-state index in [9.17, 15) is 0 Å². The summed E-state index contributed by atoms with van der Waals surface area (Å²) in [6.45, 7) is 54.2. The third-order valence-corrected chi connectivity index (χ3v) is 26.4. The van der Waals surface area contributed by atoms with Gasteiger partial charge in [-0.1, -0.05) is 366 Å². The van der Waals surface area contributed by atoms with Crippen molar-refractivity contribution in [3.05, 3.63) is 335 Å². The predicted octanol–water partition coefficient (Wildman–Crippen LogP) is 30.3. The van der Waals surface area contributed by atoms with Crippen LogP contribution in [0.1, 0.15) is 209 Å². The highest BCUT2D eigenvalue weighted by Gasteiger charge is 2.48. The van der Waals surface area contributed by atoms with Crippen LogP contribution < -0.4 is 26.2 Å². The van der Waals surface area contributed by atoms with Crippen LogP contribution in [0.3, 0.4) is 0 Å². The smallest absolute Gasteiger partial charge is 0.252 e. The normalized spacial score (nSPS) is 14.0. The molecule has 3 nitrogen and oxygen atoms in total. The summed E-state index contributed by atoms with van der Waals surface area (Å²) in [6, 6.07) is 113. The van der Waals surface area contributed by atoms with Crippen LogP contribution in [0.4, 0.5) is 34.1 Å². The first-order valence-corrected chi connectivity index (χ1v) is 43.4. The summed E-state index contributed by atoms with van der Waals surface area (Å²) in [5, 5.41) is 2.52. The predicted molar refractivity (Wildman–Crippen MR) is 516 cm³/mol. The van der Waals surface area contributed by atoms with Crippen molar-refractivity contribution in [2.24, 2.45) is 0 Å². The van der Waals surface area contributed by atoms with Crippen molar-refractivity contribution in [2.45, 2.75) is 203 Å². The summed E-state index contributed by atoms with van der Waals surface area (Å²) in [5.41, 5.74) is 41.2. The van der Waals surface area contributed by atoms with E-state index in [1.54, 1.807) is 0 Å². The summed E-state index contributed by atoms with van der Waals surface area (Å²) in [7, 11) is 0. The van der Waals surface area contributed by atoms with Crippen LogP contribution in [0.2, 0.25) is 0 Å². The zero-order valence-corrected chi connectivity index (χ0v) is 74.6. The molecule has 0 amide bonds. The number of rotatable bonds is 9. The Bertz CT molecular complexity index is 6430. The molecular formula is C115H116BN3. The van der Waals surface area contributed by atoms with Crippen molar-refractivity contribution in [1.82, 2.24) is 4.57 Å². The lowest BCUT2D eigenvalue weighted by molar-refractivity contribution is 0.569. The molecule has 14 aromatic carbocycles. The first-order chi connectivity index (χ1) is 56.2. The second-order valence-electron chi connectivity index (χ2n) is 42.3. The highest BCUT2D eigenvalue weighted by Crippen LogP contribution is 2.59. The van der Waals surface area contributed by atoms with Crippen molar-refractivity contribution in [2.75, 3.05) is 9.80 Å². The number of fused-ring (bicyclic) bond motifs is 10. The number of aromatic nitrogens is 1. The van der Waals surface area contributed by atoms with Crippen LogP contribution in [-0.4, -0.2) is 11.3 Å². The molecule has 0 unspecified atom stereocenters. The lowest BCUT2D eigenvalue weighted by Gasteiger charge is -2.46. The Morgan fingerprint density at radius 3 is 1.13 bits per heavy atom. The fourth-order valence-corrected chi connectivity index (χ4v) is 19.3. The standard InChI is InChI=1S/C115H116BN3/c1-108(2,3)78-44-35-43-75(57-78)91-69-84(114(19,20)21)68-90(73-41-31-26-32-42-73)107(91)118-100-54-49-74(76-58-81(111(10,11)12)63-82(59-76)112(13,14)15)60-97(100)116-96-53-52-85(117-98-55-50-79(109(4,5)6)64-92(98)93-65-80(110(7,8)9)51-56-99(93)117)70-101(96)119(106-88(71-37-27-24-28-38-71)66-83(113(16,17)18)67-89(106)72-39-29-25-30-40-72)103-62-77(61-102(118)105(103)116)86-46-36-48-95-104(86)87-45-33-34-47-94(87)115(95,22)23/h24-70H,1-23H3. The molecule has 119 heavy (non-hydrogen) atoms. The van der Waals surface area contributed by atoms with Gasteiger partial charge in [0, 0.05) is 66.9 Å². The molecule has 15 aromatic rings. The van der Waals surface area contributed by atoms with Gasteiger partial charge in [-0.25, -0.2) is 0 Å². The van der Waals surface area contributed by atoms with Gasteiger partial charge in [0.25, 0.3) is 6.71 Å². The average Bonchev–Trinajstić information content (AvgIpc) is 0.778. The van der Waals surface area contributed by atoms with E-state index in [-0.39, 0.29) is 50.0 Å². The molecule has 3 aliphatic rings. The van der Waals surface area contributed by atoms with Crippen LogP contribution in [0.5, 0.6) is 0 Å². The summed E-state index contributed by atoms with van der Waals surface area (Å²) < 4.78 is 2.59. The zero-order chi connectivity index (χ0) is 83.9. The third kappa shape index (κ3) is 13.5. The van der Waals surface area contributed by atoms with Gasteiger partial charge >= 0.3 is 0 Å². The Labute approximate surface area is 710 Å². The average molecular weight is 1550 g/mol. The van der Waals surface area contributed by atoms with E-state index < -0.39 is 0 Å². The van der Waals surface area contributed by atoms with E-state index in [0.29, 0.717) is 0 Å². The lowest BCUT2D eigenvalue weighted by atomic mass is 9.33. The molecule has 0 radical (unpaired) electrons. The van der Waals surface area contributed by atoms with Gasteiger partial charge in [-0.15, -0.1) is 0 Å². The maximum absolute atomic E-state index is 2.79. The van der Waals surface area contributed by atoms with E-state index in [1.807, 2.05) is 0 Å². The van der Waals surface area contributed by atoms with Crippen LogP contribution in [-0.2, 0) is 43.3 Å². The van der Waals surface area contributed by atoms with E-state index >= 15 is 0 Å². The highest BCUT2D eigenvalue weighted by atomic mass is 15.2. The molecular weight excluding hydrogens is 1430 g/mol. The second-order valence-corrected chi connectivity index (χ2v) is 42.3. The van der Waals surface area contributed by atoms with Gasteiger partial charge in [-0.05, 0) is 239 Å². The number of benzene rings is 14. The molecule has 0 saturated heterocycles. The van der Waals surface area contributed by atoms with Crippen molar-refractivity contribution in [3.63, 3.8) is 0 Å². The Balaban J connectivity index is 1.08. The first kappa shape index (κ1) is 78.7. The summed E-state index contributed by atoms with van der Waals surface area (Å²) >= 11 is 0. The number of hydrogen-bond acceptors (Lipinski definition) is 2. The Hall–Kier alpha value is -11.5. The molecule has 1 aromatic heterocycles. The SMILES string of the molecule is CC(C)(C)c1cccc(-c2cc(C(C)(C)C)cc(-c3ccccc3)c2N2c3ccc(-c4cc(C(C)(C)C)cc(C(C)(C)C)c4)cc3B3c4ccc(-n5c6ccc(C(C)(C)C)cc6c6cc(C(C)(C)C)ccc65)cc4N(c4c(-c5ccccc5)cc(C(C)(C)C)cc4-c4ccccc4)c4cc(-c5cccc6c5-c5ccccc5C6(C)C)cc2c43)c1. The Morgan fingerprint density at radius 1 is 0.244 bits per heavy atom. The number of anilines is 6. The maximum Gasteiger partial charge on any atom is 0.252 e. The van der Waals surface area contributed by atoms with E-state index in [2.05, 4.69) is 459 Å². The van der Waals surface area contributed by atoms with Crippen molar-refractivity contribution in [3.8, 4) is 83.6 Å². The zero-order valence-electron chi connectivity index (χ0n) is 74.6. The van der Waals surface area contributed by atoms with Crippen LogP contribution >= 0.6 is 0 Å². The summed E-state index contributed by atoms with van der Waals surface area (Å²) in [6.07, 6.45) is 0. The van der Waals surface area contributed by atoms with E-state index in [4.69, 9.17) is 0 Å². The van der Waals surface area contributed by atoms with E-state index in [0.717, 1.165) is 73.2 Å².